The van der Waals surface area contributed by atoms with E-state index in [0.29, 0.717) is 17.0 Å². The highest BCUT2D eigenvalue weighted by molar-refractivity contribution is 6.18. The van der Waals surface area contributed by atoms with Gasteiger partial charge in [0.2, 0.25) is 0 Å². The highest BCUT2D eigenvalue weighted by atomic mass is 35.5. The van der Waals surface area contributed by atoms with E-state index in [0.717, 1.165) is 0 Å². The molecule has 0 aromatic heterocycles. The molecule has 0 spiro atoms. The van der Waals surface area contributed by atoms with Gasteiger partial charge in [-0.05, 0) is 37.6 Å². The third-order valence-electron chi connectivity index (χ3n) is 2.03. The highest BCUT2D eigenvalue weighted by Gasteiger charge is 2.09. The number of carbonyl (C=O) groups is 1. The van der Waals surface area contributed by atoms with Crippen molar-refractivity contribution >= 4 is 17.5 Å². The van der Waals surface area contributed by atoms with Crippen LogP contribution in [0.1, 0.15) is 22.8 Å². The molecule has 1 amide bonds. The number of amides is 1. The third-order valence-corrected chi connectivity index (χ3v) is 2.49. The summed E-state index contributed by atoms with van der Waals surface area (Å²) in [7, 11) is 0. The number of hydrogen-bond donors (Lipinski definition) is 1. The fourth-order valence-corrected chi connectivity index (χ4v) is 1.21. The Balaban J connectivity index is 2.78. The molecule has 0 saturated carbocycles. The van der Waals surface area contributed by atoms with Crippen molar-refractivity contribution in [3.05, 3.63) is 35.1 Å². The van der Waals surface area contributed by atoms with E-state index in [1.54, 1.807) is 13.8 Å². The Morgan fingerprint density at radius 3 is 2.80 bits per heavy atom. The summed E-state index contributed by atoms with van der Waals surface area (Å²) in [6.45, 7) is 3.43. The van der Waals surface area contributed by atoms with Crippen molar-refractivity contribution in [2.24, 2.45) is 0 Å². The van der Waals surface area contributed by atoms with Gasteiger partial charge in [-0.3, -0.25) is 4.79 Å². The second-order valence-electron chi connectivity index (χ2n) is 3.49. The number of alkyl halides is 1. The molecule has 0 bridgehead atoms. The Morgan fingerprint density at radius 2 is 2.27 bits per heavy atom. The molecule has 0 fully saturated rings. The minimum Gasteiger partial charge on any atom is -0.348 e. The molecule has 1 atom stereocenters. The van der Waals surface area contributed by atoms with E-state index >= 15 is 0 Å². The molecule has 0 saturated heterocycles. The zero-order valence-electron chi connectivity index (χ0n) is 8.68. The smallest absolute Gasteiger partial charge is 0.251 e. The van der Waals surface area contributed by atoms with Gasteiger partial charge >= 0.3 is 0 Å². The first-order valence-electron chi connectivity index (χ1n) is 4.67. The zero-order valence-corrected chi connectivity index (χ0v) is 9.44. The number of aryl methyl sites for hydroxylation is 1. The van der Waals surface area contributed by atoms with E-state index in [4.69, 9.17) is 11.6 Å². The topological polar surface area (TPSA) is 29.1 Å². The maximum absolute atomic E-state index is 12.9. The van der Waals surface area contributed by atoms with Crippen LogP contribution in [-0.2, 0) is 0 Å². The van der Waals surface area contributed by atoms with E-state index < -0.39 is 0 Å². The molecule has 1 aromatic rings. The molecule has 82 valence electrons. The van der Waals surface area contributed by atoms with Crippen molar-refractivity contribution in [3.63, 3.8) is 0 Å². The van der Waals surface area contributed by atoms with E-state index in [9.17, 15) is 9.18 Å². The molecular formula is C11H13ClFNO. The van der Waals surface area contributed by atoms with Gasteiger partial charge in [0.25, 0.3) is 5.91 Å². The van der Waals surface area contributed by atoms with Crippen molar-refractivity contribution < 1.29 is 9.18 Å². The minimum atomic E-state index is -0.308. The van der Waals surface area contributed by atoms with Crippen LogP contribution in [0.15, 0.2) is 18.2 Å². The molecule has 0 aliphatic carbocycles. The molecule has 2 nitrogen and oxygen atoms in total. The van der Waals surface area contributed by atoms with Crippen LogP contribution < -0.4 is 5.32 Å². The second kappa shape index (κ2) is 5.12. The summed E-state index contributed by atoms with van der Waals surface area (Å²) >= 11 is 5.57. The van der Waals surface area contributed by atoms with Gasteiger partial charge in [-0.2, -0.15) is 0 Å². The van der Waals surface area contributed by atoms with Crippen LogP contribution in [0.3, 0.4) is 0 Å². The van der Waals surface area contributed by atoms with Gasteiger partial charge in [-0.25, -0.2) is 4.39 Å². The molecule has 0 aliphatic heterocycles. The van der Waals surface area contributed by atoms with Crippen molar-refractivity contribution in [2.75, 3.05) is 5.88 Å². The standard InChI is InChI=1S/C11H13ClFNO/c1-7-5-9(3-4-10(7)13)11(15)14-8(2)6-12/h3-5,8H,6H2,1-2H3,(H,14,15). The average Bonchev–Trinajstić information content (AvgIpc) is 2.21. The molecule has 0 aliphatic rings. The van der Waals surface area contributed by atoms with Crippen molar-refractivity contribution in [2.45, 2.75) is 19.9 Å². The first-order chi connectivity index (χ1) is 7.04. The predicted molar refractivity (Wildman–Crippen MR) is 58.8 cm³/mol. The summed E-state index contributed by atoms with van der Waals surface area (Å²) in [6.07, 6.45) is 0. The lowest BCUT2D eigenvalue weighted by Gasteiger charge is -2.10. The average molecular weight is 230 g/mol. The number of rotatable bonds is 3. The SMILES string of the molecule is Cc1cc(C(=O)NC(C)CCl)ccc1F. The zero-order chi connectivity index (χ0) is 11.4. The molecule has 1 rings (SSSR count). The van der Waals surface area contributed by atoms with Gasteiger partial charge in [-0.15, -0.1) is 11.6 Å². The summed E-state index contributed by atoms with van der Waals surface area (Å²) in [5.41, 5.74) is 0.909. The Kier molecular flexibility index (Phi) is 4.09. The van der Waals surface area contributed by atoms with Crippen LogP contribution in [0, 0.1) is 12.7 Å². The number of benzene rings is 1. The number of halogens is 2. The molecule has 4 heteroatoms. The fraction of sp³-hybridized carbons (Fsp3) is 0.364. The first-order valence-corrected chi connectivity index (χ1v) is 5.21. The largest absolute Gasteiger partial charge is 0.348 e. The second-order valence-corrected chi connectivity index (χ2v) is 3.80. The maximum Gasteiger partial charge on any atom is 0.251 e. The Hall–Kier alpha value is -1.09. The molecular weight excluding hydrogens is 217 g/mol. The summed E-state index contributed by atoms with van der Waals surface area (Å²) in [4.78, 5) is 11.6. The lowest BCUT2D eigenvalue weighted by Crippen LogP contribution is -2.33. The number of nitrogens with one attached hydrogen (secondary N) is 1. The van der Waals surface area contributed by atoms with Crippen molar-refractivity contribution in [3.8, 4) is 0 Å². The van der Waals surface area contributed by atoms with Crippen LogP contribution in [0.2, 0.25) is 0 Å². The normalized spacial score (nSPS) is 12.3. The molecule has 0 heterocycles. The van der Waals surface area contributed by atoms with Gasteiger partial charge in [-0.1, -0.05) is 0 Å². The van der Waals surface area contributed by atoms with Gasteiger partial charge in [0.1, 0.15) is 5.82 Å². The molecule has 1 N–H and O–H groups in total. The van der Waals surface area contributed by atoms with Crippen LogP contribution in [0.25, 0.3) is 0 Å². The van der Waals surface area contributed by atoms with Crippen LogP contribution in [-0.4, -0.2) is 17.8 Å². The van der Waals surface area contributed by atoms with Gasteiger partial charge < -0.3 is 5.32 Å². The molecule has 1 aromatic carbocycles. The van der Waals surface area contributed by atoms with E-state index in [2.05, 4.69) is 5.32 Å². The van der Waals surface area contributed by atoms with Gasteiger partial charge in [0.05, 0.1) is 0 Å². The summed E-state index contributed by atoms with van der Waals surface area (Å²) in [6, 6.07) is 4.17. The van der Waals surface area contributed by atoms with Gasteiger partial charge in [0, 0.05) is 17.5 Å². The van der Waals surface area contributed by atoms with E-state index in [1.807, 2.05) is 0 Å². The monoisotopic (exact) mass is 229 g/mol. The third kappa shape index (κ3) is 3.20. The molecule has 0 radical (unpaired) electrons. The lowest BCUT2D eigenvalue weighted by molar-refractivity contribution is 0.0943. The quantitative estimate of drug-likeness (QED) is 0.793. The highest BCUT2D eigenvalue weighted by Crippen LogP contribution is 2.09. The van der Waals surface area contributed by atoms with E-state index in [-0.39, 0.29) is 17.8 Å². The Labute approximate surface area is 93.4 Å². The van der Waals surface area contributed by atoms with Gasteiger partial charge in [0.15, 0.2) is 0 Å². The van der Waals surface area contributed by atoms with E-state index in [1.165, 1.54) is 18.2 Å². The number of carbonyl (C=O) groups excluding carboxylic acids is 1. The first kappa shape index (κ1) is 12.0. The Morgan fingerprint density at radius 1 is 1.60 bits per heavy atom. The fourth-order valence-electron chi connectivity index (χ4n) is 1.13. The molecule has 15 heavy (non-hydrogen) atoms. The number of hydrogen-bond acceptors (Lipinski definition) is 1. The van der Waals surface area contributed by atoms with Crippen LogP contribution >= 0.6 is 11.6 Å². The molecule has 1 unspecified atom stereocenters. The van der Waals surface area contributed by atoms with Crippen LogP contribution in [0.4, 0.5) is 4.39 Å². The lowest BCUT2D eigenvalue weighted by atomic mass is 10.1. The minimum absolute atomic E-state index is 0.0930. The maximum atomic E-state index is 12.9. The summed E-state index contributed by atoms with van der Waals surface area (Å²) in [5, 5.41) is 2.70. The predicted octanol–water partition coefficient (Wildman–Crippen LogP) is 2.49. The van der Waals surface area contributed by atoms with Crippen molar-refractivity contribution in [1.29, 1.82) is 0 Å². The Bertz CT molecular complexity index is 368. The summed E-state index contributed by atoms with van der Waals surface area (Å²) < 4.78 is 12.9. The van der Waals surface area contributed by atoms with Crippen LogP contribution in [0.5, 0.6) is 0 Å². The van der Waals surface area contributed by atoms with Crippen molar-refractivity contribution in [1.82, 2.24) is 5.32 Å². The summed E-state index contributed by atoms with van der Waals surface area (Å²) in [5.74, 6) is -0.186.